The Labute approximate surface area is 181 Å². The maximum atomic E-state index is 13.0. The number of sulfonamides is 1. The first-order chi connectivity index (χ1) is 13.9. The van der Waals surface area contributed by atoms with Crippen LogP contribution in [-0.4, -0.2) is 56.8 Å². The van der Waals surface area contributed by atoms with Gasteiger partial charge in [-0.05, 0) is 48.9 Å². The fourth-order valence-electron chi connectivity index (χ4n) is 3.22. The number of carbonyl (C=O) groups excluding carboxylic acids is 1. The van der Waals surface area contributed by atoms with Gasteiger partial charge >= 0.3 is 0 Å². The number of thiophene rings is 1. The van der Waals surface area contributed by atoms with Crippen molar-refractivity contribution in [2.75, 3.05) is 33.3 Å². The molecule has 1 saturated heterocycles. The van der Waals surface area contributed by atoms with Gasteiger partial charge in [0.25, 0.3) is 5.91 Å². The van der Waals surface area contributed by atoms with E-state index in [0.717, 1.165) is 19.3 Å². The maximum absolute atomic E-state index is 13.0. The van der Waals surface area contributed by atoms with Gasteiger partial charge in [-0.3, -0.25) is 4.79 Å². The van der Waals surface area contributed by atoms with Crippen molar-refractivity contribution in [3.05, 3.63) is 45.6 Å². The van der Waals surface area contributed by atoms with Crippen LogP contribution in [0.4, 0.5) is 0 Å². The highest BCUT2D eigenvalue weighted by Crippen LogP contribution is 2.28. The molecule has 0 aliphatic carbocycles. The zero-order valence-corrected chi connectivity index (χ0v) is 18.7. The van der Waals surface area contributed by atoms with Gasteiger partial charge in [0.1, 0.15) is 15.5 Å². The fourth-order valence-corrected chi connectivity index (χ4v) is 6.31. The standard InChI is InChI=1S/C20H25ClN2O4S2/c1-22(10-6-13-27-17-8-5-7-16(21)15-17)20(24)19-18(9-14-28-19)29(25,26)23-11-3-2-4-12-23/h5,7-9,14-15H,2-4,6,10-13H2,1H3. The molecule has 1 fully saturated rings. The number of rotatable bonds is 8. The highest BCUT2D eigenvalue weighted by atomic mass is 35.5. The first-order valence-corrected chi connectivity index (χ1v) is 12.3. The van der Waals surface area contributed by atoms with Crippen LogP contribution in [0.5, 0.6) is 5.75 Å². The lowest BCUT2D eigenvalue weighted by atomic mass is 10.2. The van der Waals surface area contributed by atoms with Crippen molar-refractivity contribution < 1.29 is 17.9 Å². The molecule has 1 aromatic heterocycles. The normalized spacial score (nSPS) is 15.2. The van der Waals surface area contributed by atoms with E-state index in [9.17, 15) is 13.2 Å². The van der Waals surface area contributed by atoms with Crippen molar-refractivity contribution in [2.24, 2.45) is 0 Å². The molecule has 1 aliphatic heterocycles. The molecular weight excluding hydrogens is 432 g/mol. The van der Waals surface area contributed by atoms with Gasteiger partial charge in [-0.2, -0.15) is 4.31 Å². The van der Waals surface area contributed by atoms with E-state index in [-0.39, 0.29) is 15.7 Å². The van der Waals surface area contributed by atoms with Crippen LogP contribution >= 0.6 is 22.9 Å². The molecule has 2 aromatic rings. The molecule has 0 unspecified atom stereocenters. The van der Waals surface area contributed by atoms with Crippen LogP contribution in [0.2, 0.25) is 5.02 Å². The van der Waals surface area contributed by atoms with Gasteiger partial charge in [0, 0.05) is 31.7 Å². The molecule has 1 amide bonds. The fraction of sp³-hybridized carbons (Fsp3) is 0.450. The Morgan fingerprint density at radius 1 is 1.24 bits per heavy atom. The van der Waals surface area contributed by atoms with Crippen LogP contribution in [0.1, 0.15) is 35.4 Å². The summed E-state index contributed by atoms with van der Waals surface area (Å²) in [6.07, 6.45) is 3.38. The number of nitrogens with zero attached hydrogens (tertiary/aromatic N) is 2. The molecular formula is C20H25ClN2O4S2. The second kappa shape index (κ2) is 9.93. The molecule has 3 rings (SSSR count). The van der Waals surface area contributed by atoms with Crippen LogP contribution in [0.25, 0.3) is 0 Å². The van der Waals surface area contributed by atoms with Gasteiger partial charge in [0.05, 0.1) is 6.61 Å². The number of hydrogen-bond donors (Lipinski definition) is 0. The predicted octanol–water partition coefficient (Wildman–Crippen LogP) is 4.12. The average Bonchev–Trinajstić information content (AvgIpc) is 3.22. The number of amides is 1. The molecule has 0 radical (unpaired) electrons. The van der Waals surface area contributed by atoms with E-state index in [4.69, 9.17) is 16.3 Å². The lowest BCUT2D eigenvalue weighted by Gasteiger charge is -2.26. The van der Waals surface area contributed by atoms with Crippen LogP contribution in [0, 0.1) is 0 Å². The van der Waals surface area contributed by atoms with Gasteiger partial charge in [0.15, 0.2) is 0 Å². The molecule has 0 spiro atoms. The van der Waals surface area contributed by atoms with Crippen molar-refractivity contribution in [3.8, 4) is 5.75 Å². The summed E-state index contributed by atoms with van der Waals surface area (Å²) in [5.41, 5.74) is 0. The monoisotopic (exact) mass is 456 g/mol. The molecule has 158 valence electrons. The summed E-state index contributed by atoms with van der Waals surface area (Å²) in [6, 6.07) is 8.69. The number of halogens is 1. The van der Waals surface area contributed by atoms with E-state index >= 15 is 0 Å². The molecule has 0 bridgehead atoms. The number of piperidine rings is 1. The van der Waals surface area contributed by atoms with Crippen molar-refractivity contribution in [3.63, 3.8) is 0 Å². The zero-order chi connectivity index (χ0) is 20.9. The Kier molecular flexibility index (Phi) is 7.56. The number of benzene rings is 1. The average molecular weight is 457 g/mol. The second-order valence-corrected chi connectivity index (χ2v) is 10.2. The van der Waals surface area contributed by atoms with Crippen LogP contribution in [0.15, 0.2) is 40.6 Å². The molecule has 6 nitrogen and oxygen atoms in total. The molecule has 2 heterocycles. The second-order valence-electron chi connectivity index (χ2n) is 6.96. The summed E-state index contributed by atoms with van der Waals surface area (Å²) in [6.45, 7) is 1.92. The van der Waals surface area contributed by atoms with Crippen molar-refractivity contribution >= 4 is 38.9 Å². The maximum Gasteiger partial charge on any atom is 0.265 e. The first kappa shape index (κ1) is 22.1. The molecule has 1 aliphatic rings. The topological polar surface area (TPSA) is 66.9 Å². The van der Waals surface area contributed by atoms with E-state index in [1.54, 1.807) is 29.5 Å². The highest BCUT2D eigenvalue weighted by Gasteiger charge is 2.31. The van der Waals surface area contributed by atoms with E-state index in [1.165, 1.54) is 21.7 Å². The molecule has 9 heteroatoms. The zero-order valence-electron chi connectivity index (χ0n) is 16.3. The van der Waals surface area contributed by atoms with Gasteiger partial charge in [0.2, 0.25) is 10.0 Å². The van der Waals surface area contributed by atoms with E-state index in [0.29, 0.717) is 43.4 Å². The third-order valence-electron chi connectivity index (χ3n) is 4.81. The Balaban J connectivity index is 1.58. The SMILES string of the molecule is CN(CCCOc1cccc(Cl)c1)C(=O)c1sccc1S(=O)(=O)N1CCCCC1. The summed E-state index contributed by atoms with van der Waals surface area (Å²) in [5, 5.41) is 2.27. The largest absolute Gasteiger partial charge is 0.493 e. The van der Waals surface area contributed by atoms with Crippen LogP contribution in [-0.2, 0) is 10.0 Å². The first-order valence-electron chi connectivity index (χ1n) is 9.61. The number of carbonyl (C=O) groups is 1. The van der Waals surface area contributed by atoms with Gasteiger partial charge < -0.3 is 9.64 Å². The number of ether oxygens (including phenoxy) is 1. The van der Waals surface area contributed by atoms with Gasteiger partial charge in [-0.1, -0.05) is 24.1 Å². The molecule has 1 aromatic carbocycles. The van der Waals surface area contributed by atoms with Gasteiger partial charge in [-0.15, -0.1) is 11.3 Å². The van der Waals surface area contributed by atoms with Crippen molar-refractivity contribution in [1.29, 1.82) is 0 Å². The molecule has 0 N–H and O–H groups in total. The summed E-state index contributed by atoms with van der Waals surface area (Å²) in [4.78, 5) is 14.8. The molecule has 29 heavy (non-hydrogen) atoms. The van der Waals surface area contributed by atoms with Gasteiger partial charge in [-0.25, -0.2) is 8.42 Å². The van der Waals surface area contributed by atoms with Crippen LogP contribution in [0.3, 0.4) is 0 Å². The lowest BCUT2D eigenvalue weighted by molar-refractivity contribution is 0.0789. The van der Waals surface area contributed by atoms with E-state index in [1.807, 2.05) is 12.1 Å². The highest BCUT2D eigenvalue weighted by molar-refractivity contribution is 7.89. The quantitative estimate of drug-likeness (QED) is 0.560. The third-order valence-corrected chi connectivity index (χ3v) is 8.01. The Morgan fingerprint density at radius 2 is 2.00 bits per heavy atom. The number of hydrogen-bond acceptors (Lipinski definition) is 5. The Morgan fingerprint density at radius 3 is 2.72 bits per heavy atom. The Bertz CT molecular complexity index is 939. The van der Waals surface area contributed by atoms with Crippen molar-refractivity contribution in [1.82, 2.24) is 9.21 Å². The minimum Gasteiger partial charge on any atom is -0.493 e. The van der Waals surface area contributed by atoms with Crippen molar-refractivity contribution in [2.45, 2.75) is 30.6 Å². The third kappa shape index (κ3) is 5.51. The molecule has 0 atom stereocenters. The lowest BCUT2D eigenvalue weighted by Crippen LogP contribution is -2.37. The summed E-state index contributed by atoms with van der Waals surface area (Å²) in [7, 11) is -1.95. The Hall–Kier alpha value is -1.61. The van der Waals surface area contributed by atoms with E-state index < -0.39 is 10.0 Å². The minimum atomic E-state index is -3.63. The summed E-state index contributed by atoms with van der Waals surface area (Å²) in [5.74, 6) is 0.401. The smallest absolute Gasteiger partial charge is 0.265 e. The summed E-state index contributed by atoms with van der Waals surface area (Å²) < 4.78 is 33.1. The summed E-state index contributed by atoms with van der Waals surface area (Å²) >= 11 is 7.10. The predicted molar refractivity (Wildman–Crippen MR) is 115 cm³/mol. The molecule has 0 saturated carbocycles. The van der Waals surface area contributed by atoms with Crippen LogP contribution < -0.4 is 4.74 Å². The van der Waals surface area contributed by atoms with E-state index in [2.05, 4.69) is 0 Å². The minimum absolute atomic E-state index is 0.122.